The third-order valence-corrected chi connectivity index (χ3v) is 3.91. The van der Waals surface area contributed by atoms with Gasteiger partial charge in [-0.1, -0.05) is 28.8 Å². The van der Waals surface area contributed by atoms with E-state index in [1.54, 1.807) is 0 Å². The fourth-order valence-corrected chi connectivity index (χ4v) is 3.00. The van der Waals surface area contributed by atoms with E-state index in [2.05, 4.69) is 21.2 Å². The molecule has 2 rings (SSSR count). The van der Waals surface area contributed by atoms with Crippen molar-refractivity contribution < 1.29 is 0 Å². The first-order valence-electron chi connectivity index (χ1n) is 4.72. The Morgan fingerprint density at radius 3 is 2.82 bits per heavy atom. The molecule has 1 saturated carbocycles. The lowest BCUT2D eigenvalue weighted by Crippen LogP contribution is -2.33. The zero-order valence-corrected chi connectivity index (χ0v) is 8.44. The van der Waals surface area contributed by atoms with Gasteiger partial charge in [0.05, 0.1) is 0 Å². The van der Waals surface area contributed by atoms with Gasteiger partial charge in [0, 0.05) is 17.4 Å². The van der Waals surface area contributed by atoms with Gasteiger partial charge in [-0.3, -0.25) is 0 Å². The quantitative estimate of drug-likeness (QED) is 0.666. The molecule has 0 aromatic carbocycles. The average Bonchev–Trinajstić information content (AvgIpc) is 2.46. The van der Waals surface area contributed by atoms with Crippen molar-refractivity contribution in [3.63, 3.8) is 0 Å². The minimum absolute atomic E-state index is 0.767. The molecule has 1 nitrogen and oxygen atoms in total. The van der Waals surface area contributed by atoms with E-state index >= 15 is 0 Å². The molecular formula is C9H16BrN. The maximum Gasteiger partial charge on any atom is 0.0186 e. The van der Waals surface area contributed by atoms with Crippen LogP contribution in [0.15, 0.2) is 0 Å². The summed E-state index contributed by atoms with van der Waals surface area (Å²) in [6, 6.07) is 1.63. The van der Waals surface area contributed by atoms with E-state index in [-0.39, 0.29) is 0 Å². The van der Waals surface area contributed by atoms with Gasteiger partial charge in [0.2, 0.25) is 0 Å². The number of alkyl halides is 1. The van der Waals surface area contributed by atoms with Crippen LogP contribution in [-0.2, 0) is 0 Å². The second-order valence-electron chi connectivity index (χ2n) is 3.90. The van der Waals surface area contributed by atoms with Crippen LogP contribution in [0, 0.1) is 5.92 Å². The first-order chi connectivity index (χ1) is 5.40. The predicted octanol–water partition coefficient (Wildman–Crippen LogP) is 2.30. The highest BCUT2D eigenvalue weighted by molar-refractivity contribution is 9.09. The molecule has 1 saturated heterocycles. The Balaban J connectivity index is 1.92. The van der Waals surface area contributed by atoms with Crippen molar-refractivity contribution in [1.29, 1.82) is 0 Å². The molecule has 1 aliphatic carbocycles. The van der Waals surface area contributed by atoms with E-state index in [1.165, 1.54) is 32.1 Å². The first kappa shape index (κ1) is 8.06. The lowest BCUT2D eigenvalue weighted by atomic mass is 9.85. The molecule has 1 N–H and O–H groups in total. The molecule has 0 aromatic heterocycles. The van der Waals surface area contributed by atoms with E-state index in [0.29, 0.717) is 0 Å². The van der Waals surface area contributed by atoms with Gasteiger partial charge in [-0.2, -0.15) is 0 Å². The van der Waals surface area contributed by atoms with Gasteiger partial charge in [-0.05, 0) is 25.2 Å². The molecule has 64 valence electrons. The van der Waals surface area contributed by atoms with Crippen molar-refractivity contribution in [3.8, 4) is 0 Å². The molecule has 0 unspecified atom stereocenters. The van der Waals surface area contributed by atoms with E-state index in [0.717, 1.165) is 23.3 Å². The summed E-state index contributed by atoms with van der Waals surface area (Å²) in [6.07, 6.45) is 7.23. The molecule has 0 spiro atoms. The summed E-state index contributed by atoms with van der Waals surface area (Å²) in [5, 5.41) is 4.83. The Hall–Kier alpha value is 0.440. The van der Waals surface area contributed by atoms with Gasteiger partial charge in [0.1, 0.15) is 0 Å². The molecule has 2 fully saturated rings. The fraction of sp³-hybridized carbons (Fsp3) is 1.00. The predicted molar refractivity (Wildman–Crippen MR) is 51.1 cm³/mol. The first-order valence-corrected chi connectivity index (χ1v) is 5.84. The number of fused-ring (bicyclic) bond motifs is 1. The summed E-state index contributed by atoms with van der Waals surface area (Å²) < 4.78 is 0. The standard InChI is InChI=1S/C9H16BrN/c10-6-8-5-7-3-1-2-4-9(7)11-8/h7-9,11H,1-6H2/t7-,8-,9-/m0/s1. The summed E-state index contributed by atoms with van der Waals surface area (Å²) in [5.41, 5.74) is 0. The average molecular weight is 218 g/mol. The van der Waals surface area contributed by atoms with E-state index in [1.807, 2.05) is 0 Å². The molecule has 2 heteroatoms. The van der Waals surface area contributed by atoms with Crippen LogP contribution in [-0.4, -0.2) is 17.4 Å². The number of hydrogen-bond donors (Lipinski definition) is 1. The molecule has 0 radical (unpaired) electrons. The van der Waals surface area contributed by atoms with Crippen molar-refractivity contribution in [3.05, 3.63) is 0 Å². The van der Waals surface area contributed by atoms with E-state index in [9.17, 15) is 0 Å². The van der Waals surface area contributed by atoms with Crippen LogP contribution in [0.5, 0.6) is 0 Å². The molecule has 3 atom stereocenters. The van der Waals surface area contributed by atoms with Crippen molar-refractivity contribution >= 4 is 15.9 Å². The van der Waals surface area contributed by atoms with Crippen LogP contribution in [0.4, 0.5) is 0 Å². The highest BCUT2D eigenvalue weighted by atomic mass is 79.9. The Bertz CT molecular complexity index is 124. The summed E-state index contributed by atoms with van der Waals surface area (Å²) >= 11 is 3.55. The smallest absolute Gasteiger partial charge is 0.0186 e. The number of nitrogens with one attached hydrogen (secondary N) is 1. The lowest BCUT2D eigenvalue weighted by molar-refractivity contribution is 0.326. The van der Waals surface area contributed by atoms with Crippen LogP contribution in [0.25, 0.3) is 0 Å². The second kappa shape index (κ2) is 3.44. The minimum Gasteiger partial charge on any atom is -0.310 e. The molecule has 1 aliphatic heterocycles. The summed E-state index contributed by atoms with van der Waals surface area (Å²) in [4.78, 5) is 0. The van der Waals surface area contributed by atoms with Crippen LogP contribution < -0.4 is 5.32 Å². The third-order valence-electron chi connectivity index (χ3n) is 3.13. The SMILES string of the molecule is BrC[C@@H]1C[C@@H]2CCCC[C@@H]2N1. The van der Waals surface area contributed by atoms with Crippen molar-refractivity contribution in [2.24, 2.45) is 5.92 Å². The van der Waals surface area contributed by atoms with Gasteiger partial charge in [-0.15, -0.1) is 0 Å². The minimum atomic E-state index is 0.767. The summed E-state index contributed by atoms with van der Waals surface area (Å²) in [7, 11) is 0. The van der Waals surface area contributed by atoms with E-state index in [4.69, 9.17) is 0 Å². The largest absolute Gasteiger partial charge is 0.310 e. The Kier molecular flexibility index (Phi) is 2.52. The number of halogens is 1. The highest BCUT2D eigenvalue weighted by Crippen LogP contribution is 2.33. The van der Waals surface area contributed by atoms with E-state index < -0.39 is 0 Å². The molecule has 0 bridgehead atoms. The molecule has 0 amide bonds. The molecule has 1 heterocycles. The van der Waals surface area contributed by atoms with Gasteiger partial charge in [0.25, 0.3) is 0 Å². The van der Waals surface area contributed by atoms with Crippen molar-refractivity contribution in [2.75, 3.05) is 5.33 Å². The Morgan fingerprint density at radius 2 is 2.09 bits per heavy atom. The Labute approximate surface area is 77.1 Å². The highest BCUT2D eigenvalue weighted by Gasteiger charge is 2.33. The van der Waals surface area contributed by atoms with Crippen LogP contribution in [0.2, 0.25) is 0 Å². The maximum absolute atomic E-state index is 3.70. The zero-order chi connectivity index (χ0) is 7.68. The van der Waals surface area contributed by atoms with Crippen LogP contribution >= 0.6 is 15.9 Å². The maximum atomic E-state index is 3.70. The molecule has 2 aliphatic rings. The molecule has 11 heavy (non-hydrogen) atoms. The van der Waals surface area contributed by atoms with Gasteiger partial charge < -0.3 is 5.32 Å². The molecule has 0 aromatic rings. The third kappa shape index (κ3) is 1.62. The van der Waals surface area contributed by atoms with Gasteiger partial charge >= 0.3 is 0 Å². The molecular weight excluding hydrogens is 202 g/mol. The van der Waals surface area contributed by atoms with Crippen molar-refractivity contribution in [2.45, 2.75) is 44.2 Å². The topological polar surface area (TPSA) is 12.0 Å². The fourth-order valence-electron chi connectivity index (χ4n) is 2.55. The lowest BCUT2D eigenvalue weighted by Gasteiger charge is -2.24. The second-order valence-corrected chi connectivity index (χ2v) is 4.55. The van der Waals surface area contributed by atoms with Crippen LogP contribution in [0.1, 0.15) is 32.1 Å². The van der Waals surface area contributed by atoms with Crippen LogP contribution in [0.3, 0.4) is 0 Å². The summed E-state index contributed by atoms with van der Waals surface area (Å²) in [6.45, 7) is 0. The van der Waals surface area contributed by atoms with Gasteiger partial charge in [-0.25, -0.2) is 0 Å². The summed E-state index contributed by atoms with van der Waals surface area (Å²) in [5.74, 6) is 1.01. The number of rotatable bonds is 1. The van der Waals surface area contributed by atoms with Crippen molar-refractivity contribution in [1.82, 2.24) is 5.32 Å². The monoisotopic (exact) mass is 217 g/mol. The number of hydrogen-bond acceptors (Lipinski definition) is 1. The Morgan fingerprint density at radius 1 is 1.27 bits per heavy atom. The van der Waals surface area contributed by atoms with Gasteiger partial charge in [0.15, 0.2) is 0 Å². The normalized spacial score (nSPS) is 43.9. The zero-order valence-electron chi connectivity index (χ0n) is 6.85.